The number of nitrogens with one attached hydrogen (secondary N) is 2. The minimum Gasteiger partial charge on any atom is -0.497 e. The zero-order valence-corrected chi connectivity index (χ0v) is 17.6. The van der Waals surface area contributed by atoms with Crippen molar-refractivity contribution < 1.29 is 19.5 Å². The van der Waals surface area contributed by atoms with Crippen LogP contribution in [0.4, 0.5) is 10.5 Å². The van der Waals surface area contributed by atoms with Crippen LogP contribution in [0.15, 0.2) is 48.5 Å². The molecule has 7 nitrogen and oxygen atoms in total. The van der Waals surface area contributed by atoms with Crippen molar-refractivity contribution in [3.05, 3.63) is 59.7 Å². The molecule has 2 aromatic rings. The van der Waals surface area contributed by atoms with Gasteiger partial charge >= 0.3 is 6.09 Å². The third-order valence-corrected chi connectivity index (χ3v) is 5.58. The highest BCUT2D eigenvalue weighted by Gasteiger charge is 2.29. The number of nitrogens with zero attached hydrogens (tertiary/aromatic N) is 1. The first kappa shape index (κ1) is 21.9. The Hall–Kier alpha value is -2.77. The molecule has 2 atom stereocenters. The third kappa shape index (κ3) is 5.87. The van der Waals surface area contributed by atoms with Crippen molar-refractivity contribution in [2.45, 2.75) is 44.9 Å². The van der Waals surface area contributed by atoms with Gasteiger partial charge in [-0.3, -0.25) is 10.7 Å². The molecule has 1 heterocycles. The second kappa shape index (κ2) is 10.8. The number of benzene rings is 2. The van der Waals surface area contributed by atoms with Crippen LogP contribution in [0, 0.1) is 0 Å². The molecule has 0 saturated carbocycles. The highest BCUT2D eigenvalue weighted by Crippen LogP contribution is 2.23. The summed E-state index contributed by atoms with van der Waals surface area (Å²) < 4.78 is 10.8. The molecule has 1 saturated heterocycles. The molecule has 0 aliphatic carbocycles. The number of likely N-dealkylation sites (tertiary alicyclic amines) is 1. The monoisotopic (exact) mass is 413 g/mol. The molecule has 2 unspecified atom stereocenters. The van der Waals surface area contributed by atoms with Crippen LogP contribution >= 0.6 is 0 Å². The Balaban J connectivity index is 1.43. The van der Waals surface area contributed by atoms with E-state index in [2.05, 4.69) is 17.7 Å². The lowest BCUT2D eigenvalue weighted by molar-refractivity contribution is 0.0662. The number of methoxy groups -OCH3 is 1. The summed E-state index contributed by atoms with van der Waals surface area (Å²) in [6, 6.07) is 15.7. The van der Waals surface area contributed by atoms with Crippen LogP contribution in [-0.2, 0) is 17.8 Å². The molecule has 0 spiro atoms. The first-order chi connectivity index (χ1) is 14.6. The molecule has 1 aliphatic heterocycles. The standard InChI is InChI=1S/C23H31N3O4/c1-17-14-20(24-12-10-19-15-21(29-2)8-9-22(19)25-28)11-13-26(17)23(27)30-16-18-6-4-3-5-7-18/h3-9,15,17,20,24-25,28H,10-14,16H2,1-2H3. The normalized spacial score (nSPS) is 18.7. The average molecular weight is 414 g/mol. The maximum atomic E-state index is 12.5. The summed E-state index contributed by atoms with van der Waals surface area (Å²) >= 11 is 0. The molecule has 3 N–H and O–H groups in total. The minimum absolute atomic E-state index is 0.117. The number of anilines is 1. The Kier molecular flexibility index (Phi) is 7.93. The van der Waals surface area contributed by atoms with Gasteiger partial charge in [-0.1, -0.05) is 30.3 Å². The van der Waals surface area contributed by atoms with Crippen LogP contribution in [0.25, 0.3) is 0 Å². The van der Waals surface area contributed by atoms with Gasteiger partial charge in [0.2, 0.25) is 0 Å². The maximum Gasteiger partial charge on any atom is 0.410 e. The largest absolute Gasteiger partial charge is 0.497 e. The predicted molar refractivity (Wildman–Crippen MR) is 116 cm³/mol. The van der Waals surface area contributed by atoms with Crippen molar-refractivity contribution in [2.75, 3.05) is 25.7 Å². The van der Waals surface area contributed by atoms with Crippen LogP contribution in [0.5, 0.6) is 5.75 Å². The molecular formula is C23H31N3O4. The predicted octanol–water partition coefficient (Wildman–Crippen LogP) is 3.82. The molecule has 3 rings (SSSR count). The van der Waals surface area contributed by atoms with Crippen LogP contribution in [0.1, 0.15) is 30.9 Å². The highest BCUT2D eigenvalue weighted by atomic mass is 16.6. The molecule has 0 aromatic heterocycles. The average Bonchev–Trinajstić information content (AvgIpc) is 2.78. The number of amides is 1. The minimum atomic E-state index is -0.250. The van der Waals surface area contributed by atoms with Gasteiger partial charge in [-0.25, -0.2) is 4.79 Å². The van der Waals surface area contributed by atoms with Crippen molar-refractivity contribution in [2.24, 2.45) is 0 Å². The third-order valence-electron chi connectivity index (χ3n) is 5.58. The lowest BCUT2D eigenvalue weighted by Crippen LogP contribution is -2.50. The van der Waals surface area contributed by atoms with Gasteiger partial charge in [0.25, 0.3) is 0 Å². The molecule has 30 heavy (non-hydrogen) atoms. The van der Waals surface area contributed by atoms with Crippen molar-refractivity contribution in [3.8, 4) is 5.75 Å². The van der Waals surface area contributed by atoms with Crippen LogP contribution < -0.4 is 15.5 Å². The molecular weight excluding hydrogens is 382 g/mol. The number of carbonyl (C=O) groups is 1. The maximum absolute atomic E-state index is 12.5. The van der Waals surface area contributed by atoms with Crippen LogP contribution in [0.2, 0.25) is 0 Å². The van der Waals surface area contributed by atoms with Crippen molar-refractivity contribution >= 4 is 11.8 Å². The van der Waals surface area contributed by atoms with Gasteiger partial charge < -0.3 is 19.7 Å². The number of rotatable bonds is 8. The van der Waals surface area contributed by atoms with E-state index in [0.29, 0.717) is 24.9 Å². The molecule has 1 aliphatic rings. The van der Waals surface area contributed by atoms with E-state index in [-0.39, 0.29) is 12.1 Å². The summed E-state index contributed by atoms with van der Waals surface area (Å²) in [5.74, 6) is 0.764. The van der Waals surface area contributed by atoms with E-state index in [1.165, 1.54) is 0 Å². The van der Waals surface area contributed by atoms with E-state index in [0.717, 1.165) is 42.7 Å². The summed E-state index contributed by atoms with van der Waals surface area (Å²) in [5, 5.41) is 12.9. The Morgan fingerprint density at radius 3 is 2.73 bits per heavy atom. The molecule has 7 heteroatoms. The Morgan fingerprint density at radius 2 is 2.03 bits per heavy atom. The molecule has 0 bridgehead atoms. The molecule has 162 valence electrons. The summed E-state index contributed by atoms with van der Waals surface area (Å²) in [4.78, 5) is 14.3. The van der Waals surface area contributed by atoms with Crippen molar-refractivity contribution in [3.63, 3.8) is 0 Å². The quantitative estimate of drug-likeness (QED) is 0.571. The first-order valence-corrected chi connectivity index (χ1v) is 10.4. The summed E-state index contributed by atoms with van der Waals surface area (Å²) in [6.07, 6.45) is 2.27. The topological polar surface area (TPSA) is 83.1 Å². The zero-order valence-electron chi connectivity index (χ0n) is 17.6. The van der Waals surface area contributed by atoms with Gasteiger partial charge in [0.15, 0.2) is 0 Å². The molecule has 1 amide bonds. The number of ether oxygens (including phenoxy) is 2. The fourth-order valence-corrected chi connectivity index (χ4v) is 3.85. The first-order valence-electron chi connectivity index (χ1n) is 10.4. The number of piperidine rings is 1. The highest BCUT2D eigenvalue weighted by molar-refractivity contribution is 5.68. The van der Waals surface area contributed by atoms with E-state index in [1.54, 1.807) is 13.2 Å². The van der Waals surface area contributed by atoms with E-state index < -0.39 is 0 Å². The van der Waals surface area contributed by atoms with Gasteiger partial charge in [0.05, 0.1) is 12.8 Å². The van der Waals surface area contributed by atoms with Gasteiger partial charge in [-0.05, 0) is 62.1 Å². The molecule has 0 radical (unpaired) electrons. The zero-order chi connectivity index (χ0) is 21.3. The lowest BCUT2D eigenvalue weighted by atomic mass is 9.98. The van der Waals surface area contributed by atoms with E-state index >= 15 is 0 Å². The van der Waals surface area contributed by atoms with Gasteiger partial charge in [-0.2, -0.15) is 0 Å². The number of hydrogen-bond donors (Lipinski definition) is 3. The number of hydrogen-bond acceptors (Lipinski definition) is 6. The summed E-state index contributed by atoms with van der Waals surface area (Å²) in [5.41, 5.74) is 4.90. The van der Waals surface area contributed by atoms with E-state index in [4.69, 9.17) is 9.47 Å². The number of carbonyl (C=O) groups excluding carboxylic acids is 1. The SMILES string of the molecule is COc1ccc(NO)c(CCNC2CCN(C(=O)OCc3ccccc3)C(C)C2)c1. The molecule has 2 aromatic carbocycles. The van der Waals surface area contributed by atoms with Gasteiger partial charge in [0.1, 0.15) is 12.4 Å². The fraction of sp³-hybridized carbons (Fsp3) is 0.435. The van der Waals surface area contributed by atoms with E-state index in [1.807, 2.05) is 47.4 Å². The Bertz CT molecular complexity index is 815. The second-order valence-electron chi connectivity index (χ2n) is 7.64. The van der Waals surface area contributed by atoms with E-state index in [9.17, 15) is 10.0 Å². The van der Waals surface area contributed by atoms with Crippen LogP contribution in [-0.4, -0.2) is 48.5 Å². The smallest absolute Gasteiger partial charge is 0.410 e. The fourth-order valence-electron chi connectivity index (χ4n) is 3.85. The lowest BCUT2D eigenvalue weighted by Gasteiger charge is -2.37. The van der Waals surface area contributed by atoms with Gasteiger partial charge in [0, 0.05) is 18.6 Å². The summed E-state index contributed by atoms with van der Waals surface area (Å²) in [6.45, 7) is 3.81. The van der Waals surface area contributed by atoms with Crippen LogP contribution in [0.3, 0.4) is 0 Å². The van der Waals surface area contributed by atoms with Crippen molar-refractivity contribution in [1.29, 1.82) is 0 Å². The van der Waals surface area contributed by atoms with Crippen molar-refractivity contribution in [1.82, 2.24) is 10.2 Å². The second-order valence-corrected chi connectivity index (χ2v) is 7.64. The Labute approximate surface area is 177 Å². The summed E-state index contributed by atoms with van der Waals surface area (Å²) in [7, 11) is 1.63. The van der Waals surface area contributed by atoms with Gasteiger partial charge in [-0.15, -0.1) is 0 Å². The molecule has 1 fully saturated rings. The Morgan fingerprint density at radius 1 is 1.23 bits per heavy atom.